The van der Waals surface area contributed by atoms with E-state index in [1.165, 1.54) is 12.1 Å². The summed E-state index contributed by atoms with van der Waals surface area (Å²) >= 11 is 0. The van der Waals surface area contributed by atoms with Gasteiger partial charge in [-0.05, 0) is 48.7 Å². The van der Waals surface area contributed by atoms with Crippen molar-refractivity contribution in [3.63, 3.8) is 0 Å². The Hall–Kier alpha value is -2.38. The summed E-state index contributed by atoms with van der Waals surface area (Å²) in [5.41, 5.74) is 1.41. The van der Waals surface area contributed by atoms with Gasteiger partial charge in [0.05, 0.1) is 4.90 Å². The van der Waals surface area contributed by atoms with Crippen molar-refractivity contribution in [1.82, 2.24) is 4.72 Å². The molecule has 2 aromatic rings. The highest BCUT2D eigenvalue weighted by Gasteiger charge is 2.22. The molecule has 0 saturated carbocycles. The fourth-order valence-corrected chi connectivity index (χ4v) is 3.88. The predicted molar refractivity (Wildman–Crippen MR) is 95.0 cm³/mol. The Morgan fingerprint density at radius 1 is 1.08 bits per heavy atom. The van der Waals surface area contributed by atoms with Crippen molar-refractivity contribution in [1.29, 1.82) is 0 Å². The van der Waals surface area contributed by atoms with Crippen molar-refractivity contribution < 1.29 is 18.3 Å². The van der Waals surface area contributed by atoms with Crippen molar-refractivity contribution >= 4 is 21.6 Å². The summed E-state index contributed by atoms with van der Waals surface area (Å²) in [6.07, 6.45) is 1.76. The maximum absolute atomic E-state index is 12.4. The zero-order valence-electron chi connectivity index (χ0n) is 13.7. The molecule has 1 fully saturated rings. The molecule has 2 aromatic carbocycles. The zero-order valence-corrected chi connectivity index (χ0v) is 14.5. The third-order valence-electron chi connectivity index (χ3n) is 4.21. The Morgan fingerprint density at radius 2 is 1.80 bits per heavy atom. The lowest BCUT2D eigenvalue weighted by atomic mass is 10.1. The second kappa shape index (κ2) is 7.25. The van der Waals surface area contributed by atoms with Crippen LogP contribution in [0.1, 0.15) is 18.4 Å². The summed E-state index contributed by atoms with van der Waals surface area (Å²) in [6, 6.07) is 13.2. The fourth-order valence-electron chi connectivity index (χ4n) is 2.85. The molecule has 2 N–H and O–H groups in total. The van der Waals surface area contributed by atoms with Gasteiger partial charge in [0.2, 0.25) is 15.9 Å². The maximum Gasteiger partial charge on any atom is 0.240 e. The van der Waals surface area contributed by atoms with Crippen LogP contribution in [0, 0.1) is 0 Å². The molecule has 3 rings (SSSR count). The summed E-state index contributed by atoms with van der Waals surface area (Å²) in [6.45, 7) is 0.857. The van der Waals surface area contributed by atoms with E-state index in [-0.39, 0.29) is 23.1 Å². The summed E-state index contributed by atoms with van der Waals surface area (Å²) < 4.78 is 27.2. The van der Waals surface area contributed by atoms with Gasteiger partial charge < -0.3 is 10.0 Å². The summed E-state index contributed by atoms with van der Waals surface area (Å²) in [4.78, 5) is 13.6. The van der Waals surface area contributed by atoms with Gasteiger partial charge in [0.15, 0.2) is 0 Å². The number of nitrogens with zero attached hydrogens (tertiary/aromatic N) is 1. The van der Waals surface area contributed by atoms with Gasteiger partial charge in [0.1, 0.15) is 5.75 Å². The molecule has 132 valence electrons. The van der Waals surface area contributed by atoms with Crippen LogP contribution in [0.3, 0.4) is 0 Å². The number of sulfonamides is 1. The predicted octanol–water partition coefficient (Wildman–Crippen LogP) is 2.04. The number of hydrogen-bond donors (Lipinski definition) is 2. The molecule has 0 spiro atoms. The second-order valence-electron chi connectivity index (χ2n) is 5.92. The van der Waals surface area contributed by atoms with E-state index in [9.17, 15) is 18.3 Å². The average Bonchev–Trinajstić information content (AvgIpc) is 3.03. The highest BCUT2D eigenvalue weighted by atomic mass is 32.2. The second-order valence-corrected chi connectivity index (χ2v) is 7.69. The molecule has 1 aliphatic rings. The number of para-hydroxylation sites is 1. The van der Waals surface area contributed by atoms with Crippen molar-refractivity contribution in [2.45, 2.75) is 24.2 Å². The molecule has 0 bridgehead atoms. The Balaban J connectivity index is 1.64. The maximum atomic E-state index is 12.4. The highest BCUT2D eigenvalue weighted by molar-refractivity contribution is 7.89. The van der Waals surface area contributed by atoms with E-state index >= 15 is 0 Å². The average molecular weight is 360 g/mol. The van der Waals surface area contributed by atoms with Gasteiger partial charge in [-0.15, -0.1) is 0 Å². The van der Waals surface area contributed by atoms with E-state index in [4.69, 9.17) is 0 Å². The van der Waals surface area contributed by atoms with Crippen LogP contribution in [0.5, 0.6) is 5.75 Å². The zero-order chi connectivity index (χ0) is 17.9. The lowest BCUT2D eigenvalue weighted by molar-refractivity contribution is -0.117. The van der Waals surface area contributed by atoms with Crippen molar-refractivity contribution in [3.05, 3.63) is 54.1 Å². The molecule has 1 aliphatic heterocycles. The van der Waals surface area contributed by atoms with Crippen molar-refractivity contribution in [2.75, 3.05) is 18.0 Å². The summed E-state index contributed by atoms with van der Waals surface area (Å²) in [7, 11) is -3.63. The van der Waals surface area contributed by atoms with Crippen LogP contribution < -0.4 is 9.62 Å². The number of aromatic hydroxyl groups is 1. The van der Waals surface area contributed by atoms with Crippen molar-refractivity contribution in [3.8, 4) is 5.75 Å². The van der Waals surface area contributed by atoms with E-state index in [0.717, 1.165) is 12.1 Å². The Bertz CT molecular complexity index is 863. The number of anilines is 1. The molecular formula is C18H20N2O4S. The van der Waals surface area contributed by atoms with E-state index < -0.39 is 10.0 Å². The number of carbonyl (C=O) groups excluding carboxylic acids is 1. The molecule has 0 aromatic heterocycles. The minimum atomic E-state index is -3.63. The number of nitrogens with one attached hydrogen (secondary N) is 1. The number of phenolic OH excluding ortho intramolecular Hbond substituents is 1. The minimum Gasteiger partial charge on any atom is -0.508 e. The molecule has 0 radical (unpaired) electrons. The van der Waals surface area contributed by atoms with Gasteiger partial charge in [0, 0.05) is 25.2 Å². The summed E-state index contributed by atoms with van der Waals surface area (Å²) in [5, 5.41) is 9.70. The highest BCUT2D eigenvalue weighted by Crippen LogP contribution is 2.23. The van der Waals surface area contributed by atoms with Crippen LogP contribution >= 0.6 is 0 Å². The molecule has 25 heavy (non-hydrogen) atoms. The van der Waals surface area contributed by atoms with E-state index in [1.807, 2.05) is 0 Å². The number of hydrogen-bond acceptors (Lipinski definition) is 4. The first kappa shape index (κ1) is 17.4. The fraction of sp³-hybridized carbons (Fsp3) is 0.278. The van der Waals surface area contributed by atoms with Crippen molar-refractivity contribution in [2.24, 2.45) is 0 Å². The lowest BCUT2D eigenvalue weighted by Crippen LogP contribution is -2.26. The molecule has 7 heteroatoms. The van der Waals surface area contributed by atoms with Gasteiger partial charge in [-0.3, -0.25) is 4.79 Å². The van der Waals surface area contributed by atoms with Gasteiger partial charge >= 0.3 is 0 Å². The summed E-state index contributed by atoms with van der Waals surface area (Å²) in [5.74, 6) is 0.220. The first-order valence-electron chi connectivity index (χ1n) is 8.14. The number of benzene rings is 2. The van der Waals surface area contributed by atoms with E-state index in [0.29, 0.717) is 24.9 Å². The molecule has 0 unspecified atom stereocenters. The smallest absolute Gasteiger partial charge is 0.240 e. The van der Waals surface area contributed by atoms with Gasteiger partial charge in [-0.1, -0.05) is 18.2 Å². The van der Waals surface area contributed by atoms with Crippen LogP contribution in [-0.2, 0) is 21.2 Å². The van der Waals surface area contributed by atoms with E-state index in [2.05, 4.69) is 4.72 Å². The monoisotopic (exact) mass is 360 g/mol. The first-order valence-corrected chi connectivity index (χ1v) is 9.63. The number of carbonyl (C=O) groups is 1. The molecule has 6 nitrogen and oxygen atoms in total. The van der Waals surface area contributed by atoms with Gasteiger partial charge in [0.25, 0.3) is 0 Å². The Morgan fingerprint density at radius 3 is 2.44 bits per heavy atom. The Kier molecular flexibility index (Phi) is 5.06. The topological polar surface area (TPSA) is 86.7 Å². The van der Waals surface area contributed by atoms with Crippen LogP contribution in [0.15, 0.2) is 53.4 Å². The largest absolute Gasteiger partial charge is 0.508 e. The van der Waals surface area contributed by atoms with Crippen LogP contribution in [0.4, 0.5) is 5.69 Å². The lowest BCUT2D eigenvalue weighted by Gasteiger charge is -2.16. The third kappa shape index (κ3) is 4.00. The van der Waals surface area contributed by atoms with Gasteiger partial charge in [-0.25, -0.2) is 13.1 Å². The minimum absolute atomic E-state index is 0.0661. The van der Waals surface area contributed by atoms with Gasteiger partial charge in [-0.2, -0.15) is 0 Å². The normalized spacial score (nSPS) is 14.9. The standard InChI is InChI=1S/C18H20N2O4S/c21-17-5-2-1-4-14(17)11-12-19-25(23,24)16-9-7-15(8-10-16)20-13-3-6-18(20)22/h1-2,4-5,7-10,19,21H,3,6,11-13H2. The van der Waals surface area contributed by atoms with Crippen LogP contribution in [0.2, 0.25) is 0 Å². The Labute approximate surface area is 147 Å². The molecular weight excluding hydrogens is 340 g/mol. The molecule has 1 amide bonds. The van der Waals surface area contributed by atoms with Crippen LogP contribution in [-0.4, -0.2) is 32.5 Å². The SMILES string of the molecule is O=C1CCCN1c1ccc(S(=O)(=O)NCCc2ccccc2O)cc1. The number of amides is 1. The van der Waals surface area contributed by atoms with Crippen LogP contribution in [0.25, 0.3) is 0 Å². The quantitative estimate of drug-likeness (QED) is 0.825. The third-order valence-corrected chi connectivity index (χ3v) is 5.69. The van der Waals surface area contributed by atoms with E-state index in [1.54, 1.807) is 41.3 Å². The molecule has 1 heterocycles. The first-order chi connectivity index (χ1) is 12.0. The molecule has 0 aliphatic carbocycles. The number of phenols is 1. The number of rotatable bonds is 6. The molecule has 0 atom stereocenters. The molecule has 1 saturated heterocycles.